The molecular weight excluding hydrogens is 210 g/mol. The zero-order chi connectivity index (χ0) is 12.9. The van der Waals surface area contributed by atoms with E-state index in [-0.39, 0.29) is 5.78 Å². The molecule has 0 heterocycles. The quantitative estimate of drug-likeness (QED) is 0.546. The van der Waals surface area contributed by atoms with Gasteiger partial charge in [0.15, 0.2) is 0 Å². The van der Waals surface area contributed by atoms with E-state index >= 15 is 0 Å². The Bertz CT molecular complexity index is 355. The first kappa shape index (κ1) is 13.9. The zero-order valence-corrected chi connectivity index (χ0v) is 11.5. The van der Waals surface area contributed by atoms with E-state index in [0.717, 1.165) is 29.7 Å². The van der Waals surface area contributed by atoms with Crippen LogP contribution in [0.2, 0.25) is 0 Å². The summed E-state index contributed by atoms with van der Waals surface area (Å²) in [7, 11) is 0. The van der Waals surface area contributed by atoms with Crippen LogP contribution in [0.4, 0.5) is 0 Å². The van der Waals surface area contributed by atoms with Crippen LogP contribution < -0.4 is 0 Å². The van der Waals surface area contributed by atoms with Gasteiger partial charge in [0, 0.05) is 5.56 Å². The largest absolute Gasteiger partial charge is 0.318 e. The molecular formula is C15H24NO+. The minimum Gasteiger partial charge on any atom is -0.318 e. The third-order valence-corrected chi connectivity index (χ3v) is 3.87. The van der Waals surface area contributed by atoms with Crippen LogP contribution in [0.3, 0.4) is 0 Å². The summed E-state index contributed by atoms with van der Waals surface area (Å²) in [4.78, 5) is 12.2. The summed E-state index contributed by atoms with van der Waals surface area (Å²) in [5.74, 6) is 0.260. The number of carbonyl (C=O) groups is 1. The van der Waals surface area contributed by atoms with E-state index in [0.29, 0.717) is 6.54 Å². The fourth-order valence-corrected chi connectivity index (χ4v) is 2.14. The minimum absolute atomic E-state index is 0.260. The molecule has 94 valence electrons. The van der Waals surface area contributed by atoms with Crippen LogP contribution in [0.15, 0.2) is 24.3 Å². The number of Topliss-reactive ketones (excluding diaryl/α,β-unsaturated/α-hetero) is 1. The smallest absolute Gasteiger partial charge is 0.216 e. The predicted octanol–water partition coefficient (Wildman–Crippen LogP) is 3.05. The number of rotatable bonds is 6. The van der Waals surface area contributed by atoms with Gasteiger partial charge in [0.05, 0.1) is 19.6 Å². The molecule has 2 nitrogen and oxygen atoms in total. The second kappa shape index (κ2) is 5.97. The van der Waals surface area contributed by atoms with Crippen LogP contribution in [0, 0.1) is 6.92 Å². The molecule has 0 bridgehead atoms. The second-order valence-electron chi connectivity index (χ2n) is 4.74. The molecule has 0 saturated heterocycles. The summed E-state index contributed by atoms with van der Waals surface area (Å²) in [5, 5.41) is 0. The summed E-state index contributed by atoms with van der Waals surface area (Å²) >= 11 is 0. The molecule has 0 unspecified atom stereocenters. The monoisotopic (exact) mass is 234 g/mol. The van der Waals surface area contributed by atoms with E-state index in [1.165, 1.54) is 5.56 Å². The summed E-state index contributed by atoms with van der Waals surface area (Å²) in [6.07, 6.45) is 0. The molecule has 0 aliphatic rings. The van der Waals surface area contributed by atoms with Crippen LogP contribution in [0.25, 0.3) is 0 Å². The first-order valence-electron chi connectivity index (χ1n) is 6.52. The first-order valence-corrected chi connectivity index (χ1v) is 6.52. The number of hydrogen-bond donors (Lipinski definition) is 0. The van der Waals surface area contributed by atoms with Crippen LogP contribution in [-0.4, -0.2) is 36.4 Å². The second-order valence-corrected chi connectivity index (χ2v) is 4.74. The summed E-state index contributed by atoms with van der Waals surface area (Å²) in [6.45, 7) is 12.2. The number of carbonyl (C=O) groups excluding carboxylic acids is 1. The van der Waals surface area contributed by atoms with E-state index in [1.54, 1.807) is 0 Å². The van der Waals surface area contributed by atoms with Gasteiger partial charge < -0.3 is 4.48 Å². The number of quaternary nitrogens is 1. The Balaban J connectivity index is 2.81. The van der Waals surface area contributed by atoms with E-state index in [4.69, 9.17) is 0 Å². The molecule has 1 aromatic rings. The van der Waals surface area contributed by atoms with Gasteiger partial charge >= 0.3 is 0 Å². The number of hydrogen-bond acceptors (Lipinski definition) is 1. The zero-order valence-electron chi connectivity index (χ0n) is 11.5. The lowest BCUT2D eigenvalue weighted by Gasteiger charge is -2.35. The highest BCUT2D eigenvalue weighted by molar-refractivity contribution is 5.97. The van der Waals surface area contributed by atoms with Crippen molar-refractivity contribution in [2.24, 2.45) is 0 Å². The van der Waals surface area contributed by atoms with Crippen molar-refractivity contribution in [3.8, 4) is 0 Å². The van der Waals surface area contributed by atoms with Gasteiger partial charge in [-0.25, -0.2) is 0 Å². The molecule has 0 N–H and O–H groups in total. The van der Waals surface area contributed by atoms with Crippen LogP contribution >= 0.6 is 0 Å². The van der Waals surface area contributed by atoms with E-state index in [1.807, 2.05) is 31.2 Å². The van der Waals surface area contributed by atoms with Gasteiger partial charge in [0.2, 0.25) is 5.78 Å². The molecule has 0 amide bonds. The topological polar surface area (TPSA) is 17.1 Å². The Labute approximate surface area is 105 Å². The third kappa shape index (κ3) is 3.40. The molecule has 2 heteroatoms. The van der Waals surface area contributed by atoms with Crippen LogP contribution in [-0.2, 0) is 0 Å². The first-order chi connectivity index (χ1) is 8.06. The van der Waals surface area contributed by atoms with Gasteiger partial charge in [-0.3, -0.25) is 4.79 Å². The highest BCUT2D eigenvalue weighted by Gasteiger charge is 2.25. The molecule has 1 rings (SSSR count). The van der Waals surface area contributed by atoms with Crippen molar-refractivity contribution in [3.05, 3.63) is 35.4 Å². The number of nitrogens with zero attached hydrogens (tertiary/aromatic N) is 1. The van der Waals surface area contributed by atoms with Crippen LogP contribution in [0.5, 0.6) is 0 Å². The van der Waals surface area contributed by atoms with Gasteiger partial charge in [0.1, 0.15) is 6.54 Å². The fourth-order valence-electron chi connectivity index (χ4n) is 2.14. The van der Waals surface area contributed by atoms with Crippen molar-refractivity contribution < 1.29 is 9.28 Å². The molecule has 0 aromatic heterocycles. The van der Waals surface area contributed by atoms with Crippen molar-refractivity contribution in [1.29, 1.82) is 0 Å². The van der Waals surface area contributed by atoms with E-state index < -0.39 is 0 Å². The molecule has 0 fully saturated rings. The molecule has 0 spiro atoms. The molecule has 1 aromatic carbocycles. The minimum atomic E-state index is 0.260. The fraction of sp³-hybridized carbons (Fsp3) is 0.533. The average molecular weight is 234 g/mol. The van der Waals surface area contributed by atoms with Crippen molar-refractivity contribution in [2.75, 3.05) is 26.2 Å². The standard InChI is InChI=1S/C15H24NO/c1-5-16(6-2,7-3)12-15(17)14-10-8-13(4)9-11-14/h8-11H,5-7,12H2,1-4H3/q+1. The highest BCUT2D eigenvalue weighted by Crippen LogP contribution is 2.11. The maximum Gasteiger partial charge on any atom is 0.216 e. The van der Waals surface area contributed by atoms with Crippen molar-refractivity contribution in [2.45, 2.75) is 27.7 Å². The van der Waals surface area contributed by atoms with Gasteiger partial charge in [-0.15, -0.1) is 0 Å². The summed E-state index contributed by atoms with van der Waals surface area (Å²) in [5.41, 5.74) is 2.04. The van der Waals surface area contributed by atoms with Gasteiger partial charge in [-0.2, -0.15) is 0 Å². The maximum atomic E-state index is 12.2. The number of ketones is 1. The predicted molar refractivity (Wildman–Crippen MR) is 72.3 cm³/mol. The average Bonchev–Trinajstić information content (AvgIpc) is 2.37. The molecule has 0 saturated carbocycles. The van der Waals surface area contributed by atoms with Crippen molar-refractivity contribution >= 4 is 5.78 Å². The Morgan fingerprint density at radius 3 is 1.88 bits per heavy atom. The third-order valence-electron chi connectivity index (χ3n) is 3.87. The molecule has 0 aliphatic heterocycles. The molecule has 17 heavy (non-hydrogen) atoms. The molecule has 0 radical (unpaired) electrons. The Kier molecular flexibility index (Phi) is 4.88. The molecule has 0 atom stereocenters. The van der Waals surface area contributed by atoms with Gasteiger partial charge in [-0.05, 0) is 27.7 Å². The highest BCUT2D eigenvalue weighted by atomic mass is 16.1. The number of likely N-dealkylation sites (N-methyl/N-ethyl adjacent to an activating group) is 1. The Morgan fingerprint density at radius 2 is 1.47 bits per heavy atom. The lowest BCUT2D eigenvalue weighted by molar-refractivity contribution is -0.915. The van der Waals surface area contributed by atoms with Gasteiger partial charge in [0.25, 0.3) is 0 Å². The SMILES string of the molecule is CC[N+](CC)(CC)CC(=O)c1ccc(C)cc1. The Hall–Kier alpha value is -1.15. The summed E-state index contributed by atoms with van der Waals surface area (Å²) in [6, 6.07) is 7.89. The van der Waals surface area contributed by atoms with Crippen molar-refractivity contribution in [1.82, 2.24) is 0 Å². The van der Waals surface area contributed by atoms with Gasteiger partial charge in [-0.1, -0.05) is 29.8 Å². The maximum absolute atomic E-state index is 12.2. The van der Waals surface area contributed by atoms with E-state index in [2.05, 4.69) is 20.8 Å². The number of aryl methyl sites for hydroxylation is 1. The molecule has 0 aliphatic carbocycles. The summed E-state index contributed by atoms with van der Waals surface area (Å²) < 4.78 is 0.882. The lowest BCUT2D eigenvalue weighted by Crippen LogP contribution is -2.50. The van der Waals surface area contributed by atoms with Crippen molar-refractivity contribution in [3.63, 3.8) is 0 Å². The van der Waals surface area contributed by atoms with Crippen LogP contribution in [0.1, 0.15) is 36.7 Å². The lowest BCUT2D eigenvalue weighted by atomic mass is 10.1. The Morgan fingerprint density at radius 1 is 1.00 bits per heavy atom. The number of benzene rings is 1. The van der Waals surface area contributed by atoms with E-state index in [9.17, 15) is 4.79 Å². The normalized spacial score (nSPS) is 11.5.